The Bertz CT molecular complexity index is 285. The highest BCUT2D eigenvalue weighted by Crippen LogP contribution is 2.17. The summed E-state index contributed by atoms with van der Waals surface area (Å²) in [5.41, 5.74) is 0. The van der Waals surface area contributed by atoms with Gasteiger partial charge < -0.3 is 9.73 Å². The molecule has 1 aromatic heterocycles. The number of likely N-dealkylation sites (N-methyl/N-ethyl adjacent to an activating group) is 1. The van der Waals surface area contributed by atoms with Crippen molar-refractivity contribution in [3.63, 3.8) is 0 Å². The standard InChI is InChI=1S/C11H16N2O/c1-4-7-12-9-10(13(2)3)11-6-5-8-14-11/h1,5-6,8,10,12H,7,9H2,2-3H3. The van der Waals surface area contributed by atoms with Crippen LogP contribution in [0.2, 0.25) is 0 Å². The number of hydrogen-bond donors (Lipinski definition) is 1. The minimum Gasteiger partial charge on any atom is -0.468 e. The molecule has 0 spiro atoms. The van der Waals surface area contributed by atoms with E-state index in [1.807, 2.05) is 26.2 Å². The zero-order valence-corrected chi connectivity index (χ0v) is 8.66. The minimum absolute atomic E-state index is 0.235. The molecule has 3 heteroatoms. The summed E-state index contributed by atoms with van der Waals surface area (Å²) < 4.78 is 5.35. The summed E-state index contributed by atoms with van der Waals surface area (Å²) in [7, 11) is 4.04. The summed E-state index contributed by atoms with van der Waals surface area (Å²) in [5, 5.41) is 3.17. The number of terminal acetylenes is 1. The molecule has 1 unspecified atom stereocenters. The first kappa shape index (κ1) is 10.8. The molecule has 1 N–H and O–H groups in total. The number of furan rings is 1. The number of nitrogens with one attached hydrogen (secondary N) is 1. The lowest BCUT2D eigenvalue weighted by molar-refractivity contribution is 0.253. The quantitative estimate of drug-likeness (QED) is 0.559. The molecule has 0 aliphatic carbocycles. The summed E-state index contributed by atoms with van der Waals surface area (Å²) in [6.07, 6.45) is 6.85. The first-order valence-electron chi connectivity index (χ1n) is 4.59. The highest BCUT2D eigenvalue weighted by molar-refractivity contribution is 5.05. The summed E-state index contributed by atoms with van der Waals surface area (Å²) in [6.45, 7) is 1.38. The van der Waals surface area contributed by atoms with E-state index < -0.39 is 0 Å². The Hall–Kier alpha value is -1.24. The largest absolute Gasteiger partial charge is 0.468 e. The predicted molar refractivity (Wildman–Crippen MR) is 56.8 cm³/mol. The zero-order chi connectivity index (χ0) is 10.4. The van der Waals surface area contributed by atoms with Gasteiger partial charge in [-0.2, -0.15) is 0 Å². The van der Waals surface area contributed by atoms with Gasteiger partial charge in [0.1, 0.15) is 5.76 Å². The molecule has 3 nitrogen and oxygen atoms in total. The van der Waals surface area contributed by atoms with Crippen molar-refractivity contribution in [3.8, 4) is 12.3 Å². The molecule has 0 bridgehead atoms. The molecule has 1 atom stereocenters. The molecule has 76 valence electrons. The molecule has 0 aliphatic heterocycles. The van der Waals surface area contributed by atoms with Crippen LogP contribution in [0.3, 0.4) is 0 Å². The third-order valence-electron chi connectivity index (χ3n) is 2.06. The first-order chi connectivity index (χ1) is 6.75. The van der Waals surface area contributed by atoms with Gasteiger partial charge in [0, 0.05) is 6.54 Å². The van der Waals surface area contributed by atoms with Crippen LogP contribution in [-0.4, -0.2) is 32.1 Å². The van der Waals surface area contributed by atoms with Gasteiger partial charge in [-0.3, -0.25) is 4.90 Å². The molecule has 1 heterocycles. The van der Waals surface area contributed by atoms with Gasteiger partial charge in [0.25, 0.3) is 0 Å². The highest BCUT2D eigenvalue weighted by atomic mass is 16.3. The SMILES string of the molecule is C#CCNCC(c1ccco1)N(C)C. The lowest BCUT2D eigenvalue weighted by Gasteiger charge is -2.22. The van der Waals surface area contributed by atoms with Crippen molar-refractivity contribution in [1.29, 1.82) is 0 Å². The van der Waals surface area contributed by atoms with E-state index in [4.69, 9.17) is 10.8 Å². The summed E-state index contributed by atoms with van der Waals surface area (Å²) in [5.74, 6) is 3.50. The lowest BCUT2D eigenvalue weighted by Crippen LogP contribution is -2.30. The van der Waals surface area contributed by atoms with Crippen LogP contribution in [-0.2, 0) is 0 Å². The molecule has 0 radical (unpaired) electrons. The van der Waals surface area contributed by atoms with Gasteiger partial charge in [-0.25, -0.2) is 0 Å². The van der Waals surface area contributed by atoms with Crippen molar-refractivity contribution in [1.82, 2.24) is 10.2 Å². The van der Waals surface area contributed by atoms with Gasteiger partial charge in [0.15, 0.2) is 0 Å². The Morgan fingerprint density at radius 2 is 2.43 bits per heavy atom. The molecule has 0 aliphatic rings. The van der Waals surface area contributed by atoms with E-state index in [-0.39, 0.29) is 6.04 Å². The van der Waals surface area contributed by atoms with E-state index in [0.29, 0.717) is 6.54 Å². The van der Waals surface area contributed by atoms with Crippen LogP contribution in [0.4, 0.5) is 0 Å². The zero-order valence-electron chi connectivity index (χ0n) is 8.66. The van der Waals surface area contributed by atoms with Gasteiger partial charge in [-0.1, -0.05) is 5.92 Å². The Balaban J connectivity index is 2.53. The van der Waals surface area contributed by atoms with Crippen molar-refractivity contribution in [3.05, 3.63) is 24.2 Å². The van der Waals surface area contributed by atoms with Gasteiger partial charge >= 0.3 is 0 Å². The molecule has 1 aromatic rings. The minimum atomic E-state index is 0.235. The Kier molecular flexibility index (Phi) is 4.24. The van der Waals surface area contributed by atoms with Crippen molar-refractivity contribution in [2.24, 2.45) is 0 Å². The molecule has 0 saturated carbocycles. The Labute approximate surface area is 85.1 Å². The van der Waals surface area contributed by atoms with E-state index in [2.05, 4.69) is 16.1 Å². The van der Waals surface area contributed by atoms with Crippen molar-refractivity contribution in [2.75, 3.05) is 27.2 Å². The topological polar surface area (TPSA) is 28.4 Å². The van der Waals surface area contributed by atoms with Crippen LogP contribution in [0.5, 0.6) is 0 Å². The normalized spacial score (nSPS) is 12.7. The Morgan fingerprint density at radius 3 is 2.93 bits per heavy atom. The maximum atomic E-state index is 5.35. The molecular weight excluding hydrogens is 176 g/mol. The molecule has 0 saturated heterocycles. The molecule has 0 aromatic carbocycles. The van der Waals surface area contributed by atoms with Crippen molar-refractivity contribution in [2.45, 2.75) is 6.04 Å². The first-order valence-corrected chi connectivity index (χ1v) is 4.59. The molecule has 0 amide bonds. The van der Waals surface area contributed by atoms with Crippen LogP contribution in [0.1, 0.15) is 11.8 Å². The van der Waals surface area contributed by atoms with Crippen LogP contribution in [0.15, 0.2) is 22.8 Å². The average molecular weight is 192 g/mol. The van der Waals surface area contributed by atoms with Crippen LogP contribution < -0.4 is 5.32 Å². The second-order valence-electron chi connectivity index (χ2n) is 3.33. The number of rotatable bonds is 5. The lowest BCUT2D eigenvalue weighted by atomic mass is 10.2. The maximum Gasteiger partial charge on any atom is 0.122 e. The Morgan fingerprint density at radius 1 is 1.64 bits per heavy atom. The van der Waals surface area contributed by atoms with Gasteiger partial charge in [0.2, 0.25) is 0 Å². The fourth-order valence-electron chi connectivity index (χ4n) is 1.30. The third-order valence-corrected chi connectivity index (χ3v) is 2.06. The van der Waals surface area contributed by atoms with Gasteiger partial charge in [-0.05, 0) is 26.2 Å². The molecule has 14 heavy (non-hydrogen) atoms. The van der Waals surface area contributed by atoms with E-state index >= 15 is 0 Å². The number of hydrogen-bond acceptors (Lipinski definition) is 3. The molecular formula is C11H16N2O. The maximum absolute atomic E-state index is 5.35. The highest BCUT2D eigenvalue weighted by Gasteiger charge is 2.15. The number of nitrogens with zero attached hydrogens (tertiary/aromatic N) is 1. The summed E-state index contributed by atoms with van der Waals surface area (Å²) >= 11 is 0. The van der Waals surface area contributed by atoms with E-state index in [1.54, 1.807) is 6.26 Å². The fourth-order valence-corrected chi connectivity index (χ4v) is 1.30. The predicted octanol–water partition coefficient (Wildman–Crippen LogP) is 1.11. The molecule has 0 fully saturated rings. The van der Waals surface area contributed by atoms with Gasteiger partial charge in [-0.15, -0.1) is 6.42 Å². The van der Waals surface area contributed by atoms with Crippen LogP contribution >= 0.6 is 0 Å². The smallest absolute Gasteiger partial charge is 0.122 e. The van der Waals surface area contributed by atoms with Crippen molar-refractivity contribution < 1.29 is 4.42 Å². The van der Waals surface area contributed by atoms with Crippen LogP contribution in [0, 0.1) is 12.3 Å². The van der Waals surface area contributed by atoms with E-state index in [1.165, 1.54) is 0 Å². The second-order valence-corrected chi connectivity index (χ2v) is 3.33. The summed E-state index contributed by atoms with van der Waals surface area (Å²) in [4.78, 5) is 2.10. The average Bonchev–Trinajstić information content (AvgIpc) is 2.64. The van der Waals surface area contributed by atoms with E-state index in [0.717, 1.165) is 12.3 Å². The van der Waals surface area contributed by atoms with Gasteiger partial charge in [0.05, 0.1) is 18.8 Å². The molecule has 1 rings (SSSR count). The summed E-state index contributed by atoms with van der Waals surface area (Å²) in [6, 6.07) is 4.10. The fraction of sp³-hybridized carbons (Fsp3) is 0.455. The third kappa shape index (κ3) is 2.91. The second kappa shape index (κ2) is 5.48. The van der Waals surface area contributed by atoms with Crippen molar-refractivity contribution >= 4 is 0 Å². The van der Waals surface area contributed by atoms with E-state index in [9.17, 15) is 0 Å². The van der Waals surface area contributed by atoms with Crippen LogP contribution in [0.25, 0.3) is 0 Å². The monoisotopic (exact) mass is 192 g/mol.